The Labute approximate surface area is 177 Å². The van der Waals surface area contributed by atoms with Crippen LogP contribution in [0.15, 0.2) is 48.5 Å². The van der Waals surface area contributed by atoms with Crippen LogP contribution < -0.4 is 10.2 Å². The topological polar surface area (TPSA) is 55.9 Å². The minimum atomic E-state index is -0.173. The quantitative estimate of drug-likeness (QED) is 0.816. The highest BCUT2D eigenvalue weighted by atomic mass is 35.5. The Kier molecular flexibility index (Phi) is 6.99. The molecule has 29 heavy (non-hydrogen) atoms. The third-order valence-electron chi connectivity index (χ3n) is 5.18. The smallest absolute Gasteiger partial charge is 0.321 e. The van der Waals surface area contributed by atoms with Gasteiger partial charge in [0, 0.05) is 61.7 Å². The van der Waals surface area contributed by atoms with Gasteiger partial charge in [0.05, 0.1) is 0 Å². The van der Waals surface area contributed by atoms with E-state index in [9.17, 15) is 9.59 Å². The van der Waals surface area contributed by atoms with Crippen LogP contribution in [0.2, 0.25) is 5.02 Å². The molecule has 1 saturated heterocycles. The zero-order valence-electron chi connectivity index (χ0n) is 16.9. The van der Waals surface area contributed by atoms with Crippen molar-refractivity contribution in [1.29, 1.82) is 0 Å². The van der Waals surface area contributed by atoms with Gasteiger partial charge in [0.1, 0.15) is 0 Å². The van der Waals surface area contributed by atoms with Crippen LogP contribution in [-0.4, -0.2) is 61.5 Å². The van der Waals surface area contributed by atoms with Crippen LogP contribution >= 0.6 is 11.6 Å². The number of carbonyl (C=O) groups is 2. The summed E-state index contributed by atoms with van der Waals surface area (Å²) < 4.78 is 0. The number of nitrogens with zero attached hydrogens (tertiary/aromatic N) is 3. The van der Waals surface area contributed by atoms with E-state index in [-0.39, 0.29) is 11.9 Å². The minimum Gasteiger partial charge on any atom is -0.375 e. The molecule has 0 bridgehead atoms. The summed E-state index contributed by atoms with van der Waals surface area (Å²) in [5, 5.41) is 3.45. The molecular weight excluding hydrogens is 388 g/mol. The summed E-state index contributed by atoms with van der Waals surface area (Å²) in [6.07, 6.45) is 0.741. The van der Waals surface area contributed by atoms with Crippen LogP contribution in [0.3, 0.4) is 0 Å². The lowest BCUT2D eigenvalue weighted by molar-refractivity contribution is 0.0762. The van der Waals surface area contributed by atoms with Gasteiger partial charge in [0.2, 0.25) is 0 Å². The van der Waals surface area contributed by atoms with E-state index < -0.39 is 0 Å². The third-order valence-corrected chi connectivity index (χ3v) is 5.41. The second-order valence-electron chi connectivity index (χ2n) is 7.13. The molecule has 1 aliphatic heterocycles. The highest BCUT2D eigenvalue weighted by Crippen LogP contribution is 2.18. The number of halogens is 1. The molecule has 0 unspecified atom stereocenters. The first-order chi connectivity index (χ1) is 14.0. The van der Waals surface area contributed by atoms with Crippen molar-refractivity contribution in [1.82, 2.24) is 9.80 Å². The monoisotopic (exact) mass is 414 g/mol. The van der Waals surface area contributed by atoms with E-state index in [1.54, 1.807) is 29.2 Å². The highest BCUT2D eigenvalue weighted by molar-refractivity contribution is 6.30. The first-order valence-corrected chi connectivity index (χ1v) is 10.3. The Morgan fingerprint density at radius 1 is 1.03 bits per heavy atom. The summed E-state index contributed by atoms with van der Waals surface area (Å²) in [5.41, 5.74) is 2.43. The Hall–Kier alpha value is -2.73. The van der Waals surface area contributed by atoms with E-state index >= 15 is 0 Å². The number of rotatable bonds is 4. The normalized spacial score (nSPS) is 14.3. The first-order valence-electron chi connectivity index (χ1n) is 9.90. The van der Waals surface area contributed by atoms with Gasteiger partial charge in [0.15, 0.2) is 0 Å². The summed E-state index contributed by atoms with van der Waals surface area (Å²) in [5.74, 6) is 0.00722. The van der Waals surface area contributed by atoms with Gasteiger partial charge in [-0.1, -0.05) is 17.7 Å². The zero-order valence-corrected chi connectivity index (χ0v) is 17.7. The molecule has 6 nitrogen and oxygen atoms in total. The van der Waals surface area contributed by atoms with E-state index in [0.717, 1.165) is 18.7 Å². The summed E-state index contributed by atoms with van der Waals surface area (Å²) in [7, 11) is 2.02. The maximum atomic E-state index is 12.9. The minimum absolute atomic E-state index is 0.00722. The SMILES string of the molecule is CCN(C)c1ccc(C(=O)N2CCCN(C(=O)Nc3cccc(Cl)c3)CC2)cc1. The van der Waals surface area contributed by atoms with Crippen molar-refractivity contribution in [2.75, 3.05) is 50.0 Å². The van der Waals surface area contributed by atoms with E-state index in [0.29, 0.717) is 42.5 Å². The van der Waals surface area contributed by atoms with Gasteiger partial charge in [-0.05, 0) is 55.8 Å². The highest BCUT2D eigenvalue weighted by Gasteiger charge is 2.23. The predicted molar refractivity (Wildman–Crippen MR) is 118 cm³/mol. The molecule has 0 radical (unpaired) electrons. The van der Waals surface area contributed by atoms with Crippen molar-refractivity contribution in [2.24, 2.45) is 0 Å². The predicted octanol–water partition coefficient (Wildman–Crippen LogP) is 4.18. The van der Waals surface area contributed by atoms with Crippen LogP contribution in [0.5, 0.6) is 0 Å². The lowest BCUT2D eigenvalue weighted by atomic mass is 10.1. The summed E-state index contributed by atoms with van der Waals surface area (Å²) in [6.45, 7) is 5.25. The zero-order chi connectivity index (χ0) is 20.8. The maximum absolute atomic E-state index is 12.9. The molecule has 1 heterocycles. The lowest BCUT2D eigenvalue weighted by Crippen LogP contribution is -2.39. The summed E-state index contributed by atoms with van der Waals surface area (Å²) in [6, 6.07) is 14.6. The van der Waals surface area contributed by atoms with Gasteiger partial charge in [0.25, 0.3) is 5.91 Å². The van der Waals surface area contributed by atoms with Crippen LogP contribution in [0.25, 0.3) is 0 Å². The van der Waals surface area contributed by atoms with Crippen LogP contribution in [0.4, 0.5) is 16.2 Å². The number of amides is 3. The van der Waals surface area contributed by atoms with E-state index in [1.807, 2.05) is 36.2 Å². The van der Waals surface area contributed by atoms with Gasteiger partial charge in [-0.3, -0.25) is 4.79 Å². The molecule has 0 aliphatic carbocycles. The van der Waals surface area contributed by atoms with Crippen molar-refractivity contribution in [3.8, 4) is 0 Å². The largest absolute Gasteiger partial charge is 0.375 e. The Morgan fingerprint density at radius 3 is 2.41 bits per heavy atom. The van der Waals surface area contributed by atoms with Crippen molar-refractivity contribution < 1.29 is 9.59 Å². The fourth-order valence-electron chi connectivity index (χ4n) is 3.32. The summed E-state index contributed by atoms with van der Waals surface area (Å²) in [4.78, 5) is 31.1. The average Bonchev–Trinajstić information content (AvgIpc) is 2.99. The van der Waals surface area contributed by atoms with E-state index in [4.69, 9.17) is 11.6 Å². The van der Waals surface area contributed by atoms with Crippen molar-refractivity contribution in [3.63, 3.8) is 0 Å². The Balaban J connectivity index is 1.58. The molecule has 1 N–H and O–H groups in total. The number of anilines is 2. The van der Waals surface area contributed by atoms with E-state index in [1.165, 1.54) is 0 Å². The summed E-state index contributed by atoms with van der Waals surface area (Å²) >= 11 is 5.98. The average molecular weight is 415 g/mol. The number of nitrogens with one attached hydrogen (secondary N) is 1. The van der Waals surface area contributed by atoms with Crippen LogP contribution in [0, 0.1) is 0 Å². The molecule has 0 aromatic heterocycles. The lowest BCUT2D eigenvalue weighted by Gasteiger charge is -2.23. The van der Waals surface area contributed by atoms with E-state index in [2.05, 4.69) is 17.1 Å². The first kappa shape index (κ1) is 21.0. The number of hydrogen-bond acceptors (Lipinski definition) is 3. The number of hydrogen-bond donors (Lipinski definition) is 1. The second kappa shape index (κ2) is 9.65. The fourth-order valence-corrected chi connectivity index (χ4v) is 3.51. The van der Waals surface area contributed by atoms with Crippen molar-refractivity contribution in [3.05, 3.63) is 59.1 Å². The molecule has 7 heteroatoms. The standard InChI is InChI=1S/C22H27ClN4O2/c1-3-25(2)20-10-8-17(9-11-20)21(28)26-12-5-13-27(15-14-26)22(29)24-19-7-4-6-18(23)16-19/h4,6-11,16H,3,5,12-15H2,1-2H3,(H,24,29). The Bertz CT molecular complexity index is 856. The molecule has 1 fully saturated rings. The van der Waals surface area contributed by atoms with Gasteiger partial charge >= 0.3 is 6.03 Å². The molecule has 0 atom stereocenters. The second-order valence-corrected chi connectivity index (χ2v) is 7.57. The number of carbonyl (C=O) groups excluding carboxylic acids is 2. The third kappa shape index (κ3) is 5.41. The number of urea groups is 1. The molecule has 3 amide bonds. The molecule has 2 aromatic carbocycles. The van der Waals surface area contributed by atoms with Gasteiger partial charge < -0.3 is 20.0 Å². The van der Waals surface area contributed by atoms with Crippen LogP contribution in [0.1, 0.15) is 23.7 Å². The van der Waals surface area contributed by atoms with Crippen molar-refractivity contribution in [2.45, 2.75) is 13.3 Å². The molecule has 0 saturated carbocycles. The number of benzene rings is 2. The molecule has 154 valence electrons. The van der Waals surface area contributed by atoms with Crippen LogP contribution in [-0.2, 0) is 0 Å². The molecule has 1 aliphatic rings. The van der Waals surface area contributed by atoms with Crippen molar-refractivity contribution >= 4 is 34.9 Å². The fraction of sp³-hybridized carbons (Fsp3) is 0.364. The maximum Gasteiger partial charge on any atom is 0.321 e. The van der Waals surface area contributed by atoms with Gasteiger partial charge in [-0.25, -0.2) is 4.79 Å². The Morgan fingerprint density at radius 2 is 1.72 bits per heavy atom. The van der Waals surface area contributed by atoms with Gasteiger partial charge in [-0.2, -0.15) is 0 Å². The molecule has 2 aromatic rings. The molecular formula is C22H27ClN4O2. The van der Waals surface area contributed by atoms with Gasteiger partial charge in [-0.15, -0.1) is 0 Å². The molecule has 0 spiro atoms. The molecule has 3 rings (SSSR count).